The van der Waals surface area contributed by atoms with Gasteiger partial charge in [-0.25, -0.2) is 0 Å². The molecule has 48 valence electrons. The molecule has 1 N–H and O–H groups in total. The van der Waals surface area contributed by atoms with Crippen LogP contribution in [-0.2, 0) is 0 Å². The minimum absolute atomic E-state index is 0.273. The lowest BCUT2D eigenvalue weighted by atomic mass is 10.3. The van der Waals surface area contributed by atoms with Crippen LogP contribution in [0.25, 0.3) is 0 Å². The second-order valence-corrected chi connectivity index (χ2v) is 2.14. The molecule has 0 aliphatic heterocycles. The number of nitrogens with zero attached hydrogens (tertiary/aromatic N) is 1. The Labute approximate surface area is 57.9 Å². The van der Waals surface area contributed by atoms with Crippen molar-refractivity contribution in [1.29, 1.82) is 0 Å². The van der Waals surface area contributed by atoms with E-state index in [4.69, 9.17) is 0 Å². The highest BCUT2D eigenvalue weighted by Gasteiger charge is 2.04. The van der Waals surface area contributed by atoms with Gasteiger partial charge < -0.3 is 0 Å². The Morgan fingerprint density at radius 2 is 2.56 bits per heavy atom. The Morgan fingerprint density at radius 1 is 1.89 bits per heavy atom. The SMILES string of the molecule is Cc1cn[nH]c1C(=O)S. The van der Waals surface area contributed by atoms with Crippen LogP contribution in [0.3, 0.4) is 0 Å². The number of nitrogens with one attached hydrogen (secondary N) is 1. The first-order valence-corrected chi connectivity index (χ1v) is 2.90. The molecule has 0 radical (unpaired) electrons. The predicted molar refractivity (Wildman–Crippen MR) is 36.6 cm³/mol. The fourth-order valence-corrected chi connectivity index (χ4v) is 0.789. The van der Waals surface area contributed by atoms with Crippen molar-refractivity contribution in [3.63, 3.8) is 0 Å². The zero-order valence-corrected chi connectivity index (χ0v) is 5.77. The Balaban J connectivity index is 3.08. The first kappa shape index (κ1) is 6.35. The number of H-pyrrole nitrogens is 1. The summed E-state index contributed by atoms with van der Waals surface area (Å²) in [7, 11) is 0. The maximum atomic E-state index is 10.5. The molecule has 0 fully saturated rings. The second kappa shape index (κ2) is 2.23. The van der Waals surface area contributed by atoms with Crippen molar-refractivity contribution in [2.75, 3.05) is 0 Å². The molecule has 0 bridgehead atoms. The second-order valence-electron chi connectivity index (χ2n) is 1.73. The van der Waals surface area contributed by atoms with E-state index < -0.39 is 0 Å². The number of carbonyl (C=O) groups is 1. The summed E-state index contributed by atoms with van der Waals surface area (Å²) in [5.41, 5.74) is 1.30. The number of hydrogen-bond donors (Lipinski definition) is 2. The van der Waals surface area contributed by atoms with Crippen LogP contribution in [-0.4, -0.2) is 15.3 Å². The van der Waals surface area contributed by atoms with Crippen LogP contribution in [0, 0.1) is 6.92 Å². The molecule has 1 rings (SSSR count). The molecule has 3 nitrogen and oxygen atoms in total. The summed E-state index contributed by atoms with van der Waals surface area (Å²) in [6.45, 7) is 1.80. The van der Waals surface area contributed by atoms with E-state index in [1.807, 2.05) is 0 Å². The molecule has 1 heterocycles. The van der Waals surface area contributed by atoms with Crippen molar-refractivity contribution in [2.45, 2.75) is 6.92 Å². The monoisotopic (exact) mass is 142 g/mol. The molecule has 1 aromatic heterocycles. The predicted octanol–water partition coefficient (Wildman–Crippen LogP) is 0.788. The molecule has 0 atom stereocenters. The Hall–Kier alpha value is -0.770. The maximum Gasteiger partial charge on any atom is 0.234 e. The van der Waals surface area contributed by atoms with E-state index in [2.05, 4.69) is 22.8 Å². The van der Waals surface area contributed by atoms with Gasteiger partial charge in [0.25, 0.3) is 0 Å². The number of aromatic nitrogens is 2. The third-order valence-electron chi connectivity index (χ3n) is 1.04. The molecule has 0 saturated heterocycles. The van der Waals surface area contributed by atoms with Gasteiger partial charge in [-0.15, -0.1) is 0 Å². The quantitative estimate of drug-likeness (QED) is 0.569. The van der Waals surface area contributed by atoms with E-state index in [-0.39, 0.29) is 5.12 Å². The molecule has 0 aliphatic rings. The average Bonchev–Trinajstić information content (AvgIpc) is 2.13. The van der Waals surface area contributed by atoms with Crippen molar-refractivity contribution < 1.29 is 4.79 Å². The molecule has 1 aromatic rings. The van der Waals surface area contributed by atoms with Gasteiger partial charge in [0.05, 0.1) is 6.20 Å². The Morgan fingerprint density at radius 3 is 2.78 bits per heavy atom. The lowest BCUT2D eigenvalue weighted by Crippen LogP contribution is -1.90. The van der Waals surface area contributed by atoms with Gasteiger partial charge in [-0.2, -0.15) is 5.10 Å². The Bertz CT molecular complexity index is 231. The molecular formula is C5H6N2OS. The normalized spacial score (nSPS) is 9.56. The van der Waals surface area contributed by atoms with Gasteiger partial charge in [-0.3, -0.25) is 9.89 Å². The average molecular weight is 142 g/mol. The number of carbonyl (C=O) groups excluding carboxylic acids is 1. The van der Waals surface area contributed by atoms with Crippen molar-refractivity contribution in [3.05, 3.63) is 17.5 Å². The lowest BCUT2D eigenvalue weighted by molar-refractivity contribution is 0.108. The highest BCUT2D eigenvalue weighted by atomic mass is 32.1. The highest BCUT2D eigenvalue weighted by molar-refractivity contribution is 7.97. The van der Waals surface area contributed by atoms with Crippen LogP contribution in [0.15, 0.2) is 6.20 Å². The van der Waals surface area contributed by atoms with Gasteiger partial charge in [0, 0.05) is 0 Å². The maximum absolute atomic E-state index is 10.5. The summed E-state index contributed by atoms with van der Waals surface area (Å²) in [6, 6.07) is 0. The topological polar surface area (TPSA) is 45.8 Å². The van der Waals surface area contributed by atoms with E-state index in [1.54, 1.807) is 13.1 Å². The molecular weight excluding hydrogens is 136 g/mol. The fourth-order valence-electron chi connectivity index (χ4n) is 0.563. The van der Waals surface area contributed by atoms with Gasteiger partial charge in [-0.05, 0) is 12.5 Å². The van der Waals surface area contributed by atoms with Crippen molar-refractivity contribution in [1.82, 2.24) is 10.2 Å². The lowest BCUT2D eigenvalue weighted by Gasteiger charge is -1.85. The molecule has 9 heavy (non-hydrogen) atoms. The van der Waals surface area contributed by atoms with Gasteiger partial charge in [0.1, 0.15) is 5.69 Å². The standard InChI is InChI=1S/C5H6N2OS/c1-3-2-6-7-4(3)5(8)9/h2H,1H3,(H,6,7)(H,8,9). The smallest absolute Gasteiger partial charge is 0.234 e. The summed E-state index contributed by atoms with van der Waals surface area (Å²) in [6.07, 6.45) is 1.59. The summed E-state index contributed by atoms with van der Waals surface area (Å²) < 4.78 is 0. The zero-order chi connectivity index (χ0) is 6.85. The molecule has 0 aromatic carbocycles. The molecule has 4 heteroatoms. The summed E-state index contributed by atoms with van der Waals surface area (Å²) in [4.78, 5) is 10.5. The minimum atomic E-state index is -0.273. The van der Waals surface area contributed by atoms with Crippen LogP contribution in [0.5, 0.6) is 0 Å². The summed E-state index contributed by atoms with van der Waals surface area (Å²) in [5, 5.41) is 5.90. The number of hydrogen-bond acceptors (Lipinski definition) is 2. The van der Waals surface area contributed by atoms with Crippen LogP contribution in [0.4, 0.5) is 0 Å². The third-order valence-corrected chi connectivity index (χ3v) is 1.27. The highest BCUT2D eigenvalue weighted by Crippen LogP contribution is 2.03. The molecule has 0 aliphatic carbocycles. The van der Waals surface area contributed by atoms with Crippen molar-refractivity contribution >= 4 is 17.7 Å². The van der Waals surface area contributed by atoms with Crippen molar-refractivity contribution in [2.24, 2.45) is 0 Å². The van der Waals surface area contributed by atoms with Crippen LogP contribution in [0.1, 0.15) is 16.1 Å². The molecule has 0 saturated carbocycles. The van der Waals surface area contributed by atoms with Gasteiger partial charge >= 0.3 is 0 Å². The van der Waals surface area contributed by atoms with E-state index in [0.717, 1.165) is 5.56 Å². The number of aryl methyl sites for hydroxylation is 1. The summed E-state index contributed by atoms with van der Waals surface area (Å²) >= 11 is 3.61. The largest absolute Gasteiger partial charge is 0.280 e. The third kappa shape index (κ3) is 1.13. The van der Waals surface area contributed by atoms with E-state index in [0.29, 0.717) is 5.69 Å². The molecule has 0 unspecified atom stereocenters. The number of thiol groups is 1. The molecule has 0 spiro atoms. The van der Waals surface area contributed by atoms with E-state index >= 15 is 0 Å². The number of rotatable bonds is 1. The molecule has 0 amide bonds. The van der Waals surface area contributed by atoms with Crippen LogP contribution < -0.4 is 0 Å². The summed E-state index contributed by atoms with van der Waals surface area (Å²) in [5.74, 6) is 0. The van der Waals surface area contributed by atoms with Crippen LogP contribution in [0.2, 0.25) is 0 Å². The fraction of sp³-hybridized carbons (Fsp3) is 0.200. The van der Waals surface area contributed by atoms with E-state index in [1.165, 1.54) is 0 Å². The van der Waals surface area contributed by atoms with Crippen LogP contribution >= 0.6 is 12.6 Å². The van der Waals surface area contributed by atoms with Gasteiger partial charge in [-0.1, -0.05) is 12.6 Å². The van der Waals surface area contributed by atoms with E-state index in [9.17, 15) is 4.79 Å². The van der Waals surface area contributed by atoms with Gasteiger partial charge in [0.15, 0.2) is 0 Å². The zero-order valence-electron chi connectivity index (χ0n) is 4.88. The first-order valence-electron chi connectivity index (χ1n) is 2.45. The van der Waals surface area contributed by atoms with Gasteiger partial charge in [0.2, 0.25) is 5.12 Å². The number of aromatic amines is 1. The Kier molecular flexibility index (Phi) is 1.57. The minimum Gasteiger partial charge on any atom is -0.280 e. The first-order chi connectivity index (χ1) is 4.22. The van der Waals surface area contributed by atoms with Crippen molar-refractivity contribution in [3.8, 4) is 0 Å².